The van der Waals surface area contributed by atoms with Crippen molar-refractivity contribution < 1.29 is 16.8 Å². The highest BCUT2D eigenvalue weighted by atomic mass is 35.5. The van der Waals surface area contributed by atoms with Crippen LogP contribution < -0.4 is 3.71 Å². The Kier molecular flexibility index (Phi) is 5.95. The molecule has 0 amide bonds. The van der Waals surface area contributed by atoms with Crippen LogP contribution in [-0.2, 0) is 20.0 Å². The summed E-state index contributed by atoms with van der Waals surface area (Å²) in [6.07, 6.45) is 0. The third-order valence-corrected chi connectivity index (χ3v) is 8.94. The van der Waals surface area contributed by atoms with Crippen molar-refractivity contribution in [3.8, 4) is 0 Å². The van der Waals surface area contributed by atoms with E-state index < -0.39 is 20.0 Å². The van der Waals surface area contributed by atoms with Gasteiger partial charge in [0.15, 0.2) is 5.15 Å². The Balaban J connectivity index is 2.35. The number of hydrogen-bond donors (Lipinski definition) is 0. The van der Waals surface area contributed by atoms with Crippen molar-refractivity contribution in [1.82, 2.24) is 4.98 Å². The topological polar surface area (TPSA) is 84.4 Å². The second-order valence-corrected chi connectivity index (χ2v) is 11.2. The molecule has 1 heterocycles. The minimum Gasteiger partial charge on any atom is -0.239 e. The molecule has 6 nitrogen and oxygen atoms in total. The zero-order valence-electron chi connectivity index (χ0n) is 16.9. The van der Waals surface area contributed by atoms with E-state index in [1.807, 2.05) is 13.8 Å². The average Bonchev–Trinajstić information content (AvgIpc) is 2.65. The molecule has 0 radical (unpaired) electrons. The molecule has 30 heavy (non-hydrogen) atoms. The number of halogens is 1. The van der Waals surface area contributed by atoms with Crippen molar-refractivity contribution in [1.29, 1.82) is 0 Å². The maximum atomic E-state index is 13.6. The van der Waals surface area contributed by atoms with Crippen LogP contribution in [0.4, 0.5) is 5.69 Å². The molecule has 1 aromatic heterocycles. The number of hydrogen-bond acceptors (Lipinski definition) is 5. The van der Waals surface area contributed by atoms with Gasteiger partial charge in [0.2, 0.25) is 0 Å². The molecule has 0 saturated carbocycles. The Morgan fingerprint density at radius 2 is 1.13 bits per heavy atom. The Hall–Kier alpha value is -2.42. The molecular formula is C21H21ClN2O4S2. The van der Waals surface area contributed by atoms with Gasteiger partial charge in [-0.05, 0) is 63.6 Å². The molecule has 0 aliphatic heterocycles. The van der Waals surface area contributed by atoms with E-state index in [4.69, 9.17) is 11.6 Å². The maximum Gasteiger partial charge on any atom is 0.277 e. The fraction of sp³-hybridized carbons (Fsp3) is 0.190. The zero-order chi connectivity index (χ0) is 22.3. The van der Waals surface area contributed by atoms with E-state index in [2.05, 4.69) is 4.98 Å². The highest BCUT2D eigenvalue weighted by Gasteiger charge is 2.39. The van der Waals surface area contributed by atoms with E-state index in [1.165, 1.54) is 24.3 Å². The van der Waals surface area contributed by atoms with Gasteiger partial charge in [0, 0.05) is 5.69 Å². The van der Waals surface area contributed by atoms with Crippen molar-refractivity contribution >= 4 is 37.3 Å². The SMILES string of the molecule is Cc1ccc(S(=O)(=O)N(c2c(C)cc(C)nc2Cl)S(=O)(=O)c2ccc(C)cc2)cc1. The molecule has 0 unspecified atom stereocenters. The number of rotatable bonds is 5. The van der Waals surface area contributed by atoms with Gasteiger partial charge in [0.1, 0.15) is 5.69 Å². The second-order valence-electron chi connectivity index (χ2n) is 7.05. The number of pyridine rings is 1. The van der Waals surface area contributed by atoms with E-state index >= 15 is 0 Å². The lowest BCUT2D eigenvalue weighted by Crippen LogP contribution is -2.38. The van der Waals surface area contributed by atoms with Gasteiger partial charge in [0.05, 0.1) is 9.79 Å². The predicted octanol–water partition coefficient (Wildman–Crippen LogP) is 4.55. The molecule has 158 valence electrons. The zero-order valence-corrected chi connectivity index (χ0v) is 19.3. The number of aryl methyl sites for hydroxylation is 4. The van der Waals surface area contributed by atoms with Crippen molar-refractivity contribution in [2.75, 3.05) is 3.71 Å². The quantitative estimate of drug-likeness (QED) is 0.517. The fourth-order valence-corrected chi connectivity index (χ4v) is 7.29. The lowest BCUT2D eigenvalue weighted by molar-refractivity contribution is 0.584. The molecule has 0 aliphatic rings. The lowest BCUT2D eigenvalue weighted by atomic mass is 10.2. The van der Waals surface area contributed by atoms with E-state index in [9.17, 15) is 16.8 Å². The Morgan fingerprint density at radius 1 is 0.733 bits per heavy atom. The van der Waals surface area contributed by atoms with Crippen LogP contribution in [0.1, 0.15) is 22.4 Å². The van der Waals surface area contributed by atoms with Crippen LogP contribution >= 0.6 is 11.6 Å². The van der Waals surface area contributed by atoms with Crippen LogP contribution in [0.5, 0.6) is 0 Å². The smallest absolute Gasteiger partial charge is 0.239 e. The van der Waals surface area contributed by atoms with Crippen molar-refractivity contribution in [2.24, 2.45) is 0 Å². The van der Waals surface area contributed by atoms with Gasteiger partial charge < -0.3 is 0 Å². The maximum absolute atomic E-state index is 13.6. The largest absolute Gasteiger partial charge is 0.277 e. The monoisotopic (exact) mass is 464 g/mol. The number of aromatic nitrogens is 1. The standard InChI is InChI=1S/C21H21ClN2O4S2/c1-14-5-9-18(10-6-14)29(25,26)24(20-16(3)13-17(4)23-21(20)22)30(27,28)19-11-7-15(2)8-12-19/h5-13H,1-4H3. The first-order chi connectivity index (χ1) is 13.9. The van der Waals surface area contributed by atoms with Gasteiger partial charge in [-0.25, -0.2) is 21.8 Å². The molecule has 0 N–H and O–H groups in total. The molecule has 0 aliphatic carbocycles. The summed E-state index contributed by atoms with van der Waals surface area (Å²) in [6, 6.07) is 13.5. The van der Waals surface area contributed by atoms with Gasteiger partial charge >= 0.3 is 0 Å². The van der Waals surface area contributed by atoms with Crippen molar-refractivity contribution in [2.45, 2.75) is 37.5 Å². The lowest BCUT2D eigenvalue weighted by Gasteiger charge is -2.26. The molecule has 2 aromatic carbocycles. The normalized spacial score (nSPS) is 12.0. The summed E-state index contributed by atoms with van der Waals surface area (Å²) in [5, 5.41) is -0.209. The Bertz CT molecular complexity index is 1200. The van der Waals surface area contributed by atoms with Gasteiger partial charge in [-0.15, -0.1) is 0 Å². The Morgan fingerprint density at radius 3 is 1.50 bits per heavy atom. The van der Waals surface area contributed by atoms with Crippen LogP contribution in [0.25, 0.3) is 0 Å². The summed E-state index contributed by atoms with van der Waals surface area (Å²) >= 11 is 6.29. The van der Waals surface area contributed by atoms with Crippen LogP contribution in [-0.4, -0.2) is 21.8 Å². The summed E-state index contributed by atoms with van der Waals surface area (Å²) in [6.45, 7) is 6.90. The van der Waals surface area contributed by atoms with Crippen LogP contribution in [0.15, 0.2) is 64.4 Å². The van der Waals surface area contributed by atoms with E-state index in [0.29, 0.717) is 15.0 Å². The third-order valence-electron chi connectivity index (χ3n) is 4.53. The summed E-state index contributed by atoms with van der Waals surface area (Å²) in [7, 11) is -9.05. The van der Waals surface area contributed by atoms with Gasteiger partial charge in [-0.1, -0.05) is 47.0 Å². The molecule has 9 heteroatoms. The molecule has 3 aromatic rings. The van der Waals surface area contributed by atoms with E-state index in [0.717, 1.165) is 11.1 Å². The molecular weight excluding hydrogens is 444 g/mol. The van der Waals surface area contributed by atoms with Gasteiger partial charge in [0.25, 0.3) is 20.0 Å². The summed E-state index contributed by atoms with van der Waals surface area (Å²) in [5.41, 5.74) is 2.41. The number of anilines is 1. The van der Waals surface area contributed by atoms with Crippen LogP contribution in [0, 0.1) is 27.7 Å². The van der Waals surface area contributed by atoms with Crippen molar-refractivity contribution in [3.05, 3.63) is 82.1 Å². The highest BCUT2D eigenvalue weighted by molar-refractivity contribution is 8.10. The van der Waals surface area contributed by atoms with E-state index in [-0.39, 0.29) is 20.6 Å². The summed E-state index contributed by atoms with van der Waals surface area (Å²) < 4.78 is 54.7. The predicted molar refractivity (Wildman–Crippen MR) is 118 cm³/mol. The Labute approximate surface area is 182 Å². The van der Waals surface area contributed by atoms with Crippen LogP contribution in [0.2, 0.25) is 5.15 Å². The minimum atomic E-state index is -4.52. The van der Waals surface area contributed by atoms with Crippen molar-refractivity contribution in [3.63, 3.8) is 0 Å². The molecule has 0 bridgehead atoms. The second kappa shape index (κ2) is 8.02. The first kappa shape index (κ1) is 22.3. The molecule has 0 spiro atoms. The highest BCUT2D eigenvalue weighted by Crippen LogP contribution is 2.37. The first-order valence-corrected chi connectivity index (χ1v) is 12.3. The summed E-state index contributed by atoms with van der Waals surface area (Å²) in [4.78, 5) is 3.76. The number of nitrogens with zero attached hydrogens (tertiary/aromatic N) is 2. The average molecular weight is 465 g/mol. The molecule has 0 atom stereocenters. The fourth-order valence-electron chi connectivity index (χ4n) is 2.99. The van der Waals surface area contributed by atoms with Gasteiger partial charge in [-0.3, -0.25) is 0 Å². The van der Waals surface area contributed by atoms with Gasteiger partial charge in [-0.2, -0.15) is 3.71 Å². The molecule has 0 fully saturated rings. The number of benzene rings is 2. The summed E-state index contributed by atoms with van der Waals surface area (Å²) in [5.74, 6) is 0. The minimum absolute atomic E-state index is 0.167. The van der Waals surface area contributed by atoms with E-state index in [1.54, 1.807) is 44.2 Å². The third kappa shape index (κ3) is 4.08. The first-order valence-electron chi connectivity index (χ1n) is 9.02. The molecule has 3 rings (SSSR count). The van der Waals surface area contributed by atoms with Crippen LogP contribution in [0.3, 0.4) is 0 Å². The molecule has 0 saturated heterocycles. The number of sulfonamides is 2.